The predicted octanol–water partition coefficient (Wildman–Crippen LogP) is 2.59. The van der Waals surface area contributed by atoms with Crippen molar-refractivity contribution in [2.24, 2.45) is 11.8 Å². The quantitative estimate of drug-likeness (QED) is 0.734. The number of rotatable bonds is 7. The summed E-state index contributed by atoms with van der Waals surface area (Å²) in [5.41, 5.74) is -0.623. The first-order chi connectivity index (χ1) is 9.93. The monoisotopic (exact) mass is 297 g/mol. The first-order valence-electron chi connectivity index (χ1n) is 8.56. The Morgan fingerprint density at radius 2 is 1.90 bits per heavy atom. The molecule has 2 saturated carbocycles. The number of ether oxygens (including phenoxy) is 1. The van der Waals surface area contributed by atoms with Crippen LogP contribution < -0.4 is 0 Å². The molecule has 0 amide bonds. The van der Waals surface area contributed by atoms with Gasteiger partial charge in [-0.1, -0.05) is 0 Å². The maximum Gasteiger partial charge on any atom is 0.308 e. The second kappa shape index (κ2) is 7.10. The molecule has 4 heteroatoms. The number of hydrogen-bond donors (Lipinski definition) is 1. The number of aliphatic hydroxyl groups is 1. The largest absolute Gasteiger partial charge is 0.466 e. The van der Waals surface area contributed by atoms with E-state index in [1.165, 1.54) is 12.8 Å². The Balaban J connectivity index is 1.83. The molecule has 0 radical (unpaired) electrons. The fourth-order valence-electron chi connectivity index (χ4n) is 3.28. The van der Waals surface area contributed by atoms with E-state index in [2.05, 4.69) is 18.7 Å². The Bertz CT molecular complexity index is 344. The van der Waals surface area contributed by atoms with Gasteiger partial charge in [0.05, 0.1) is 18.1 Å². The van der Waals surface area contributed by atoms with Crippen LogP contribution in [0.3, 0.4) is 0 Å². The van der Waals surface area contributed by atoms with Gasteiger partial charge in [-0.05, 0) is 65.2 Å². The molecule has 2 rings (SSSR count). The van der Waals surface area contributed by atoms with E-state index in [1.54, 1.807) is 0 Å². The van der Waals surface area contributed by atoms with Crippen molar-refractivity contribution in [1.82, 2.24) is 4.90 Å². The van der Waals surface area contributed by atoms with Gasteiger partial charge >= 0.3 is 5.97 Å². The van der Waals surface area contributed by atoms with Gasteiger partial charge in [0, 0.05) is 19.1 Å². The normalized spacial score (nSPS) is 29.9. The molecule has 1 N–H and O–H groups in total. The molecule has 2 aliphatic rings. The van der Waals surface area contributed by atoms with Crippen molar-refractivity contribution in [2.45, 2.75) is 70.9 Å². The van der Waals surface area contributed by atoms with Crippen LogP contribution in [0.15, 0.2) is 0 Å². The van der Waals surface area contributed by atoms with E-state index in [0.717, 1.165) is 31.8 Å². The number of nitrogens with zero attached hydrogens (tertiary/aromatic N) is 1. The van der Waals surface area contributed by atoms with E-state index < -0.39 is 5.60 Å². The van der Waals surface area contributed by atoms with Crippen molar-refractivity contribution in [3.8, 4) is 0 Å². The van der Waals surface area contributed by atoms with Crippen molar-refractivity contribution < 1.29 is 14.6 Å². The van der Waals surface area contributed by atoms with Gasteiger partial charge in [-0.25, -0.2) is 0 Å². The summed E-state index contributed by atoms with van der Waals surface area (Å²) in [6.07, 6.45) is 5.61. The molecule has 0 saturated heterocycles. The first kappa shape index (κ1) is 16.8. The summed E-state index contributed by atoms with van der Waals surface area (Å²) in [4.78, 5) is 14.2. The zero-order valence-corrected chi connectivity index (χ0v) is 13.8. The Hall–Kier alpha value is -0.610. The molecule has 0 unspecified atom stereocenters. The number of hydrogen-bond acceptors (Lipinski definition) is 4. The SMILES string of the molecule is CCOC(=O)C1CCC(O)(CN(CC2CC2)C(C)C)CC1. The molecule has 0 spiro atoms. The van der Waals surface area contributed by atoms with Gasteiger partial charge in [0.25, 0.3) is 0 Å². The lowest BCUT2D eigenvalue weighted by Crippen LogP contribution is -2.49. The van der Waals surface area contributed by atoms with Crippen LogP contribution in [0.1, 0.15) is 59.3 Å². The van der Waals surface area contributed by atoms with E-state index in [4.69, 9.17) is 4.74 Å². The third-order valence-electron chi connectivity index (χ3n) is 4.95. The highest BCUT2D eigenvalue weighted by atomic mass is 16.5. The number of esters is 1. The molecule has 2 aliphatic carbocycles. The minimum Gasteiger partial charge on any atom is -0.466 e. The summed E-state index contributed by atoms with van der Waals surface area (Å²) >= 11 is 0. The lowest BCUT2D eigenvalue weighted by Gasteiger charge is -2.40. The Morgan fingerprint density at radius 3 is 2.38 bits per heavy atom. The van der Waals surface area contributed by atoms with Crippen LogP contribution in [-0.2, 0) is 9.53 Å². The van der Waals surface area contributed by atoms with Gasteiger partial charge in [-0.3, -0.25) is 9.69 Å². The third-order valence-corrected chi connectivity index (χ3v) is 4.95. The molecule has 0 bridgehead atoms. The fourth-order valence-corrected chi connectivity index (χ4v) is 3.28. The summed E-state index contributed by atoms with van der Waals surface area (Å²) in [7, 11) is 0. The third kappa shape index (κ3) is 4.96. The molecular weight excluding hydrogens is 266 g/mol. The maximum absolute atomic E-state index is 11.8. The summed E-state index contributed by atoms with van der Waals surface area (Å²) < 4.78 is 5.10. The molecular formula is C17H31NO3. The Morgan fingerprint density at radius 1 is 1.29 bits per heavy atom. The van der Waals surface area contributed by atoms with Gasteiger partial charge in [0.1, 0.15) is 0 Å². The Kier molecular flexibility index (Phi) is 5.67. The minimum atomic E-state index is -0.623. The minimum absolute atomic E-state index is 0.0128. The molecule has 0 aromatic rings. The predicted molar refractivity (Wildman–Crippen MR) is 83.0 cm³/mol. The van der Waals surface area contributed by atoms with Crippen LogP contribution in [0.4, 0.5) is 0 Å². The summed E-state index contributed by atoms with van der Waals surface area (Å²) in [5.74, 6) is 0.742. The summed E-state index contributed by atoms with van der Waals surface area (Å²) in [5, 5.41) is 10.9. The molecule has 2 fully saturated rings. The van der Waals surface area contributed by atoms with Gasteiger partial charge in [-0.2, -0.15) is 0 Å². The van der Waals surface area contributed by atoms with Crippen LogP contribution in [0.5, 0.6) is 0 Å². The highest BCUT2D eigenvalue weighted by Gasteiger charge is 2.38. The van der Waals surface area contributed by atoms with Crippen molar-refractivity contribution in [3.05, 3.63) is 0 Å². The highest BCUT2D eigenvalue weighted by molar-refractivity contribution is 5.72. The molecule has 0 aromatic carbocycles. The molecule has 0 aromatic heterocycles. The molecule has 21 heavy (non-hydrogen) atoms. The highest BCUT2D eigenvalue weighted by Crippen LogP contribution is 2.35. The maximum atomic E-state index is 11.8. The molecule has 0 heterocycles. The average molecular weight is 297 g/mol. The summed E-state index contributed by atoms with van der Waals surface area (Å²) in [6, 6.07) is 0.470. The lowest BCUT2D eigenvalue weighted by molar-refractivity contribution is -0.151. The molecule has 4 nitrogen and oxygen atoms in total. The van der Waals surface area contributed by atoms with Crippen molar-refractivity contribution >= 4 is 5.97 Å². The first-order valence-corrected chi connectivity index (χ1v) is 8.56. The number of carbonyl (C=O) groups excluding carboxylic acids is 1. The number of carbonyl (C=O) groups is 1. The summed E-state index contributed by atoms with van der Waals surface area (Å²) in [6.45, 7) is 8.56. The van der Waals surface area contributed by atoms with Gasteiger partial charge in [0.2, 0.25) is 0 Å². The second-order valence-corrected chi connectivity index (χ2v) is 7.22. The average Bonchev–Trinajstić information content (AvgIpc) is 3.23. The molecule has 0 atom stereocenters. The molecule has 0 aliphatic heterocycles. The van der Waals surface area contributed by atoms with E-state index in [0.29, 0.717) is 25.5 Å². The van der Waals surface area contributed by atoms with E-state index >= 15 is 0 Å². The van der Waals surface area contributed by atoms with Crippen LogP contribution >= 0.6 is 0 Å². The zero-order chi connectivity index (χ0) is 15.5. The van der Waals surface area contributed by atoms with Crippen molar-refractivity contribution in [2.75, 3.05) is 19.7 Å². The van der Waals surface area contributed by atoms with E-state index in [-0.39, 0.29) is 11.9 Å². The van der Waals surface area contributed by atoms with Gasteiger partial charge < -0.3 is 9.84 Å². The van der Waals surface area contributed by atoms with Crippen LogP contribution in [-0.4, -0.2) is 47.3 Å². The standard InChI is InChI=1S/C17H31NO3/c1-4-21-16(19)15-7-9-17(20,10-8-15)12-18(13(2)3)11-14-5-6-14/h13-15,20H,4-12H2,1-3H3. The van der Waals surface area contributed by atoms with E-state index in [1.807, 2.05) is 6.92 Å². The molecule has 122 valence electrons. The van der Waals surface area contributed by atoms with Crippen LogP contribution in [0, 0.1) is 11.8 Å². The van der Waals surface area contributed by atoms with Crippen molar-refractivity contribution in [1.29, 1.82) is 0 Å². The van der Waals surface area contributed by atoms with Gasteiger partial charge in [0.15, 0.2) is 0 Å². The Labute approximate surface area is 128 Å². The van der Waals surface area contributed by atoms with Crippen LogP contribution in [0.25, 0.3) is 0 Å². The topological polar surface area (TPSA) is 49.8 Å². The lowest BCUT2D eigenvalue weighted by atomic mass is 9.78. The van der Waals surface area contributed by atoms with Crippen molar-refractivity contribution in [3.63, 3.8) is 0 Å². The zero-order valence-electron chi connectivity index (χ0n) is 13.8. The second-order valence-electron chi connectivity index (χ2n) is 7.22. The smallest absolute Gasteiger partial charge is 0.308 e. The van der Waals surface area contributed by atoms with Crippen LogP contribution in [0.2, 0.25) is 0 Å². The van der Waals surface area contributed by atoms with E-state index in [9.17, 15) is 9.90 Å². The fraction of sp³-hybridized carbons (Fsp3) is 0.941. The van der Waals surface area contributed by atoms with Gasteiger partial charge in [-0.15, -0.1) is 0 Å².